The number of anilines is 1. The van der Waals surface area contributed by atoms with Crippen molar-refractivity contribution in [2.45, 2.75) is 51.6 Å². The molecule has 0 aliphatic heterocycles. The Hall–Kier alpha value is -1.71. The van der Waals surface area contributed by atoms with E-state index in [0.29, 0.717) is 12.5 Å². The molecule has 0 radical (unpaired) electrons. The third-order valence-corrected chi connectivity index (χ3v) is 3.50. The molecule has 1 aliphatic carbocycles. The van der Waals surface area contributed by atoms with Crippen molar-refractivity contribution >= 4 is 11.8 Å². The van der Waals surface area contributed by atoms with E-state index in [1.807, 2.05) is 26.8 Å². The number of amides is 1. The Kier molecular flexibility index (Phi) is 4.21. The van der Waals surface area contributed by atoms with E-state index in [2.05, 4.69) is 17.4 Å². The molecule has 4 heteroatoms. The smallest absolute Gasteiger partial charge is 0.407 e. The minimum atomic E-state index is -0.455. The number of ether oxygens (including phenoxy) is 1. The summed E-state index contributed by atoms with van der Waals surface area (Å²) in [7, 11) is 0. The van der Waals surface area contributed by atoms with Gasteiger partial charge in [-0.2, -0.15) is 0 Å². The Morgan fingerprint density at radius 1 is 1.45 bits per heavy atom. The summed E-state index contributed by atoms with van der Waals surface area (Å²) in [6.07, 6.45) is 2.95. The van der Waals surface area contributed by atoms with Crippen molar-refractivity contribution < 1.29 is 9.53 Å². The van der Waals surface area contributed by atoms with Crippen molar-refractivity contribution in [3.8, 4) is 0 Å². The molecule has 20 heavy (non-hydrogen) atoms. The zero-order valence-electron chi connectivity index (χ0n) is 12.5. The first-order valence-corrected chi connectivity index (χ1v) is 7.20. The molecule has 0 heterocycles. The molecule has 0 fully saturated rings. The van der Waals surface area contributed by atoms with E-state index in [9.17, 15) is 4.79 Å². The third-order valence-electron chi connectivity index (χ3n) is 3.50. The number of nitrogens with one attached hydrogen (secondary N) is 1. The zero-order chi connectivity index (χ0) is 14.8. The van der Waals surface area contributed by atoms with Gasteiger partial charge in [-0.1, -0.05) is 6.07 Å². The maximum Gasteiger partial charge on any atom is 0.407 e. The SMILES string of the molecule is CC(C)(C)OC(=O)NCC1CCCc2cc(N)ccc21. The van der Waals surface area contributed by atoms with Gasteiger partial charge in [0.15, 0.2) is 0 Å². The molecule has 1 unspecified atom stereocenters. The fourth-order valence-corrected chi connectivity index (χ4v) is 2.67. The molecule has 1 aromatic carbocycles. The van der Waals surface area contributed by atoms with Crippen molar-refractivity contribution in [3.63, 3.8) is 0 Å². The molecule has 0 saturated heterocycles. The van der Waals surface area contributed by atoms with Crippen LogP contribution in [-0.2, 0) is 11.2 Å². The van der Waals surface area contributed by atoms with Crippen LogP contribution in [0.3, 0.4) is 0 Å². The topological polar surface area (TPSA) is 64.3 Å². The lowest BCUT2D eigenvalue weighted by atomic mass is 9.82. The Balaban J connectivity index is 1.97. The molecule has 0 spiro atoms. The minimum Gasteiger partial charge on any atom is -0.444 e. The van der Waals surface area contributed by atoms with Crippen molar-refractivity contribution in [2.75, 3.05) is 12.3 Å². The van der Waals surface area contributed by atoms with Crippen LogP contribution in [0.2, 0.25) is 0 Å². The van der Waals surface area contributed by atoms with Gasteiger partial charge in [0.05, 0.1) is 0 Å². The fourth-order valence-electron chi connectivity index (χ4n) is 2.67. The van der Waals surface area contributed by atoms with Gasteiger partial charge in [-0.3, -0.25) is 0 Å². The summed E-state index contributed by atoms with van der Waals surface area (Å²) in [5, 5.41) is 2.87. The number of hydrogen-bond acceptors (Lipinski definition) is 3. The van der Waals surface area contributed by atoms with Gasteiger partial charge in [-0.25, -0.2) is 4.79 Å². The van der Waals surface area contributed by atoms with Gasteiger partial charge in [0.25, 0.3) is 0 Å². The van der Waals surface area contributed by atoms with Crippen LogP contribution in [0.5, 0.6) is 0 Å². The number of rotatable bonds is 2. The Morgan fingerprint density at radius 3 is 2.90 bits per heavy atom. The molecule has 0 aromatic heterocycles. The van der Waals surface area contributed by atoms with Crippen LogP contribution in [0.4, 0.5) is 10.5 Å². The van der Waals surface area contributed by atoms with Crippen molar-refractivity contribution in [1.82, 2.24) is 5.32 Å². The van der Waals surface area contributed by atoms with Crippen LogP contribution < -0.4 is 11.1 Å². The molecular formula is C16H24N2O2. The van der Waals surface area contributed by atoms with E-state index in [-0.39, 0.29) is 6.09 Å². The summed E-state index contributed by atoms with van der Waals surface area (Å²) in [6, 6.07) is 6.07. The lowest BCUT2D eigenvalue weighted by Gasteiger charge is -2.27. The van der Waals surface area contributed by atoms with E-state index in [1.165, 1.54) is 11.1 Å². The second kappa shape index (κ2) is 5.73. The van der Waals surface area contributed by atoms with Crippen LogP contribution in [0.1, 0.15) is 50.7 Å². The third kappa shape index (κ3) is 3.89. The molecular weight excluding hydrogens is 252 g/mol. The standard InChI is InChI=1S/C16H24N2O2/c1-16(2,3)20-15(19)18-10-12-6-4-5-11-9-13(17)7-8-14(11)12/h7-9,12H,4-6,10,17H2,1-3H3,(H,18,19). The number of benzene rings is 1. The highest BCUT2D eigenvalue weighted by Gasteiger charge is 2.22. The predicted octanol–water partition coefficient (Wildman–Crippen LogP) is 3.21. The molecule has 1 aliphatic rings. The first-order chi connectivity index (χ1) is 9.35. The van der Waals surface area contributed by atoms with Crippen molar-refractivity contribution in [2.24, 2.45) is 0 Å². The average Bonchev–Trinajstić information content (AvgIpc) is 2.33. The summed E-state index contributed by atoms with van der Waals surface area (Å²) in [5.41, 5.74) is 8.80. The van der Waals surface area contributed by atoms with E-state index in [0.717, 1.165) is 24.9 Å². The van der Waals surface area contributed by atoms with Gasteiger partial charge in [0, 0.05) is 18.2 Å². The number of hydrogen-bond donors (Lipinski definition) is 2. The number of nitrogens with two attached hydrogens (primary N) is 1. The summed E-state index contributed by atoms with van der Waals surface area (Å²) in [4.78, 5) is 11.7. The minimum absolute atomic E-state index is 0.347. The monoisotopic (exact) mass is 276 g/mol. The van der Waals surface area contributed by atoms with E-state index >= 15 is 0 Å². The number of carbonyl (C=O) groups excluding carboxylic acids is 1. The molecule has 110 valence electrons. The Morgan fingerprint density at radius 2 is 2.20 bits per heavy atom. The van der Waals surface area contributed by atoms with Gasteiger partial charge in [0.2, 0.25) is 0 Å². The maximum atomic E-state index is 11.7. The highest BCUT2D eigenvalue weighted by molar-refractivity contribution is 5.67. The van der Waals surface area contributed by atoms with E-state index < -0.39 is 5.60 Å². The summed E-state index contributed by atoms with van der Waals surface area (Å²) < 4.78 is 5.27. The summed E-state index contributed by atoms with van der Waals surface area (Å²) in [6.45, 7) is 6.22. The molecule has 1 atom stereocenters. The normalized spacial score (nSPS) is 18.2. The highest BCUT2D eigenvalue weighted by Crippen LogP contribution is 2.32. The molecule has 4 nitrogen and oxygen atoms in total. The molecule has 0 saturated carbocycles. The fraction of sp³-hybridized carbons (Fsp3) is 0.562. The van der Waals surface area contributed by atoms with Crippen LogP contribution in [0.15, 0.2) is 18.2 Å². The Labute approximate surface area is 120 Å². The second-order valence-electron chi connectivity index (χ2n) is 6.43. The van der Waals surface area contributed by atoms with Gasteiger partial charge in [-0.05, 0) is 63.3 Å². The van der Waals surface area contributed by atoms with E-state index in [4.69, 9.17) is 10.5 Å². The first kappa shape index (κ1) is 14.7. The molecule has 3 N–H and O–H groups in total. The Bertz CT molecular complexity index is 492. The molecule has 1 aromatic rings. The first-order valence-electron chi connectivity index (χ1n) is 7.20. The van der Waals surface area contributed by atoms with Gasteiger partial charge < -0.3 is 15.8 Å². The van der Waals surface area contributed by atoms with Crippen LogP contribution >= 0.6 is 0 Å². The van der Waals surface area contributed by atoms with Gasteiger partial charge >= 0.3 is 6.09 Å². The quantitative estimate of drug-likeness (QED) is 0.815. The largest absolute Gasteiger partial charge is 0.444 e. The lowest BCUT2D eigenvalue weighted by molar-refractivity contribution is 0.0523. The van der Waals surface area contributed by atoms with Crippen LogP contribution in [0, 0.1) is 0 Å². The number of carbonyl (C=O) groups is 1. The summed E-state index contributed by atoms with van der Waals surface area (Å²) in [5.74, 6) is 0.354. The van der Waals surface area contributed by atoms with Crippen LogP contribution in [0.25, 0.3) is 0 Å². The van der Waals surface area contributed by atoms with Crippen LogP contribution in [-0.4, -0.2) is 18.2 Å². The molecule has 2 rings (SSSR count). The zero-order valence-corrected chi connectivity index (χ0v) is 12.5. The number of alkyl carbamates (subject to hydrolysis) is 1. The highest BCUT2D eigenvalue weighted by atomic mass is 16.6. The van der Waals surface area contributed by atoms with Crippen molar-refractivity contribution in [1.29, 1.82) is 0 Å². The molecule has 1 amide bonds. The maximum absolute atomic E-state index is 11.7. The lowest BCUT2D eigenvalue weighted by Crippen LogP contribution is -2.35. The second-order valence-corrected chi connectivity index (χ2v) is 6.43. The van der Waals surface area contributed by atoms with E-state index in [1.54, 1.807) is 0 Å². The number of nitrogen functional groups attached to an aromatic ring is 1. The predicted molar refractivity (Wildman–Crippen MR) is 80.8 cm³/mol. The number of aryl methyl sites for hydroxylation is 1. The average molecular weight is 276 g/mol. The van der Waals surface area contributed by atoms with Crippen molar-refractivity contribution in [3.05, 3.63) is 29.3 Å². The van der Waals surface area contributed by atoms with Gasteiger partial charge in [0.1, 0.15) is 5.60 Å². The number of fused-ring (bicyclic) bond motifs is 1. The summed E-state index contributed by atoms with van der Waals surface area (Å²) >= 11 is 0. The molecule has 0 bridgehead atoms. The van der Waals surface area contributed by atoms with Gasteiger partial charge in [-0.15, -0.1) is 0 Å².